The maximum absolute atomic E-state index is 12.0. The Bertz CT molecular complexity index is 604. The molecule has 0 saturated heterocycles. The average Bonchev–Trinajstić information content (AvgIpc) is 2.81. The molecule has 1 amide bonds. The van der Waals surface area contributed by atoms with Crippen LogP contribution < -0.4 is 5.32 Å². The molecule has 0 radical (unpaired) electrons. The maximum atomic E-state index is 12.0. The van der Waals surface area contributed by atoms with Gasteiger partial charge in [-0.05, 0) is 6.07 Å². The quantitative estimate of drug-likeness (QED) is 0.847. The SMILES string of the molecule is COCC(NC(=O)c1coc2ccccc12)C(=O)O. The fraction of sp³-hybridized carbons (Fsp3) is 0.231. The van der Waals surface area contributed by atoms with Crippen LogP contribution in [0.3, 0.4) is 0 Å². The molecule has 2 aromatic rings. The molecule has 19 heavy (non-hydrogen) atoms. The first-order valence-corrected chi connectivity index (χ1v) is 5.62. The number of benzene rings is 1. The molecule has 1 unspecified atom stereocenters. The highest BCUT2D eigenvalue weighted by molar-refractivity contribution is 6.06. The number of carbonyl (C=O) groups is 2. The summed E-state index contributed by atoms with van der Waals surface area (Å²) in [7, 11) is 1.37. The molecule has 100 valence electrons. The van der Waals surface area contributed by atoms with Crippen LogP contribution in [-0.4, -0.2) is 36.7 Å². The van der Waals surface area contributed by atoms with Gasteiger partial charge in [-0.3, -0.25) is 4.79 Å². The molecule has 0 aliphatic heterocycles. The zero-order valence-corrected chi connectivity index (χ0v) is 10.3. The number of para-hydroxylation sites is 1. The molecule has 0 spiro atoms. The molecule has 0 fully saturated rings. The molecular weight excluding hydrogens is 250 g/mol. The summed E-state index contributed by atoms with van der Waals surface area (Å²) in [6.45, 7) is -0.100. The summed E-state index contributed by atoms with van der Waals surface area (Å²) in [6.07, 6.45) is 1.31. The van der Waals surface area contributed by atoms with Crippen molar-refractivity contribution >= 4 is 22.8 Å². The van der Waals surface area contributed by atoms with E-state index in [1.54, 1.807) is 24.3 Å². The fourth-order valence-corrected chi connectivity index (χ4v) is 1.73. The van der Waals surface area contributed by atoms with Gasteiger partial charge in [0.05, 0.1) is 12.2 Å². The van der Waals surface area contributed by atoms with E-state index < -0.39 is 17.9 Å². The third-order valence-corrected chi connectivity index (χ3v) is 2.66. The summed E-state index contributed by atoms with van der Waals surface area (Å²) in [5.41, 5.74) is 0.879. The van der Waals surface area contributed by atoms with Crippen LogP contribution >= 0.6 is 0 Å². The van der Waals surface area contributed by atoms with Crippen molar-refractivity contribution in [1.29, 1.82) is 0 Å². The third-order valence-electron chi connectivity index (χ3n) is 2.66. The van der Waals surface area contributed by atoms with Gasteiger partial charge in [0.15, 0.2) is 6.04 Å². The second-order valence-corrected chi connectivity index (χ2v) is 3.97. The van der Waals surface area contributed by atoms with Crippen LogP contribution in [0, 0.1) is 0 Å². The summed E-state index contributed by atoms with van der Waals surface area (Å²) in [6, 6.07) is 5.94. The summed E-state index contributed by atoms with van der Waals surface area (Å²) < 4.78 is 9.98. The maximum Gasteiger partial charge on any atom is 0.328 e. The van der Waals surface area contributed by atoms with Gasteiger partial charge in [-0.15, -0.1) is 0 Å². The Morgan fingerprint density at radius 2 is 2.16 bits per heavy atom. The highest BCUT2D eigenvalue weighted by Crippen LogP contribution is 2.20. The number of ether oxygens (including phenoxy) is 1. The van der Waals surface area contributed by atoms with Gasteiger partial charge in [0.2, 0.25) is 0 Å². The van der Waals surface area contributed by atoms with Crippen LogP contribution in [0.4, 0.5) is 0 Å². The first kappa shape index (κ1) is 13.1. The van der Waals surface area contributed by atoms with E-state index in [0.29, 0.717) is 16.5 Å². The second kappa shape index (κ2) is 5.53. The van der Waals surface area contributed by atoms with Crippen LogP contribution in [0.1, 0.15) is 10.4 Å². The Morgan fingerprint density at radius 1 is 1.42 bits per heavy atom. The lowest BCUT2D eigenvalue weighted by molar-refractivity contribution is -0.140. The number of carboxylic acid groups (broad SMARTS) is 1. The van der Waals surface area contributed by atoms with Gasteiger partial charge in [0, 0.05) is 12.5 Å². The lowest BCUT2D eigenvalue weighted by Gasteiger charge is -2.12. The summed E-state index contributed by atoms with van der Waals surface area (Å²) >= 11 is 0. The molecule has 2 rings (SSSR count). The van der Waals surface area contributed by atoms with Gasteiger partial charge < -0.3 is 19.6 Å². The van der Waals surface area contributed by atoms with Crippen molar-refractivity contribution < 1.29 is 23.8 Å². The van der Waals surface area contributed by atoms with Crippen LogP contribution in [0.15, 0.2) is 34.9 Å². The molecule has 1 atom stereocenters. The molecule has 1 aromatic heterocycles. The second-order valence-electron chi connectivity index (χ2n) is 3.97. The Hall–Kier alpha value is -2.34. The summed E-state index contributed by atoms with van der Waals surface area (Å²) in [5.74, 6) is -1.66. The van der Waals surface area contributed by atoms with Crippen molar-refractivity contribution in [2.24, 2.45) is 0 Å². The number of fused-ring (bicyclic) bond motifs is 1. The zero-order valence-electron chi connectivity index (χ0n) is 10.3. The fourth-order valence-electron chi connectivity index (χ4n) is 1.73. The normalized spacial score (nSPS) is 12.3. The highest BCUT2D eigenvalue weighted by Gasteiger charge is 2.22. The molecule has 0 aliphatic rings. The Morgan fingerprint density at radius 3 is 2.84 bits per heavy atom. The lowest BCUT2D eigenvalue weighted by atomic mass is 10.1. The molecule has 6 heteroatoms. The number of rotatable bonds is 5. The predicted octanol–water partition coefficient (Wildman–Crippen LogP) is 1.26. The number of furan rings is 1. The molecule has 1 aromatic carbocycles. The zero-order chi connectivity index (χ0) is 13.8. The minimum atomic E-state index is -1.15. The smallest absolute Gasteiger partial charge is 0.328 e. The molecule has 1 heterocycles. The van der Waals surface area contributed by atoms with Crippen LogP contribution in [0.2, 0.25) is 0 Å². The first-order chi connectivity index (χ1) is 9.13. The van der Waals surface area contributed by atoms with Crippen LogP contribution in [0.5, 0.6) is 0 Å². The molecule has 2 N–H and O–H groups in total. The van der Waals surface area contributed by atoms with E-state index in [4.69, 9.17) is 14.3 Å². The number of aliphatic carboxylic acids is 1. The van der Waals surface area contributed by atoms with E-state index >= 15 is 0 Å². The van der Waals surface area contributed by atoms with Crippen molar-refractivity contribution in [3.8, 4) is 0 Å². The Balaban J connectivity index is 2.22. The lowest BCUT2D eigenvalue weighted by Crippen LogP contribution is -2.43. The van der Waals surface area contributed by atoms with Gasteiger partial charge in [-0.25, -0.2) is 4.79 Å². The Kier molecular flexibility index (Phi) is 3.82. The van der Waals surface area contributed by atoms with Crippen molar-refractivity contribution in [2.45, 2.75) is 6.04 Å². The van der Waals surface area contributed by atoms with Gasteiger partial charge in [-0.1, -0.05) is 18.2 Å². The van der Waals surface area contributed by atoms with Gasteiger partial charge in [0.25, 0.3) is 5.91 Å². The Labute approximate surface area is 109 Å². The van der Waals surface area contributed by atoms with E-state index in [0.717, 1.165) is 0 Å². The number of carbonyl (C=O) groups excluding carboxylic acids is 1. The number of carboxylic acids is 1. The van der Waals surface area contributed by atoms with E-state index in [1.807, 2.05) is 0 Å². The summed E-state index contributed by atoms with van der Waals surface area (Å²) in [5, 5.41) is 12.0. The van der Waals surface area contributed by atoms with Crippen molar-refractivity contribution in [3.05, 3.63) is 36.1 Å². The van der Waals surface area contributed by atoms with Crippen LogP contribution in [0.25, 0.3) is 11.0 Å². The van der Waals surface area contributed by atoms with E-state index in [9.17, 15) is 9.59 Å². The number of hydrogen-bond donors (Lipinski definition) is 2. The largest absolute Gasteiger partial charge is 0.480 e. The standard InChI is InChI=1S/C13H13NO5/c1-18-7-10(13(16)17)14-12(15)9-6-19-11-5-3-2-4-8(9)11/h2-6,10H,7H2,1H3,(H,14,15)(H,16,17). The molecular formula is C13H13NO5. The topological polar surface area (TPSA) is 88.8 Å². The minimum Gasteiger partial charge on any atom is -0.480 e. The number of nitrogens with one attached hydrogen (secondary N) is 1. The summed E-state index contributed by atoms with van der Waals surface area (Å²) in [4.78, 5) is 23.0. The van der Waals surface area contributed by atoms with Crippen molar-refractivity contribution in [2.75, 3.05) is 13.7 Å². The molecule has 6 nitrogen and oxygen atoms in total. The monoisotopic (exact) mass is 263 g/mol. The van der Waals surface area contributed by atoms with E-state index in [-0.39, 0.29) is 6.61 Å². The molecule has 0 aliphatic carbocycles. The predicted molar refractivity (Wildman–Crippen MR) is 67.0 cm³/mol. The van der Waals surface area contributed by atoms with E-state index in [2.05, 4.69) is 5.32 Å². The third kappa shape index (κ3) is 2.74. The van der Waals surface area contributed by atoms with Gasteiger partial charge in [0.1, 0.15) is 11.8 Å². The van der Waals surface area contributed by atoms with Gasteiger partial charge >= 0.3 is 5.97 Å². The first-order valence-electron chi connectivity index (χ1n) is 5.62. The van der Waals surface area contributed by atoms with Crippen LogP contribution in [-0.2, 0) is 9.53 Å². The van der Waals surface area contributed by atoms with Crippen molar-refractivity contribution in [1.82, 2.24) is 5.32 Å². The highest BCUT2D eigenvalue weighted by atomic mass is 16.5. The van der Waals surface area contributed by atoms with Crippen molar-refractivity contribution in [3.63, 3.8) is 0 Å². The average molecular weight is 263 g/mol. The number of hydrogen-bond acceptors (Lipinski definition) is 4. The van der Waals surface area contributed by atoms with E-state index in [1.165, 1.54) is 13.4 Å². The number of amides is 1. The van der Waals surface area contributed by atoms with Gasteiger partial charge in [-0.2, -0.15) is 0 Å². The number of methoxy groups -OCH3 is 1. The molecule has 0 saturated carbocycles. The molecule has 0 bridgehead atoms. The minimum absolute atomic E-state index is 0.100.